The quantitative estimate of drug-likeness (QED) is 0.601. The molecule has 0 unspecified atom stereocenters. The van der Waals surface area contributed by atoms with E-state index in [0.717, 1.165) is 25.4 Å². The highest BCUT2D eigenvalue weighted by Gasteiger charge is 2.23. The summed E-state index contributed by atoms with van der Waals surface area (Å²) in [7, 11) is 1.76. The standard InChI is InChI=1S/C26H31N3O/c1-30-25-15-9-8-14-24(25)29-20-18-28(19-21-29)17-16-27-26(22-10-4-2-5-11-22)23-12-6-3-7-13-23/h2-15,26-27H,16-21H2,1H3/p+2. The molecule has 4 nitrogen and oxygen atoms in total. The van der Waals surface area contributed by atoms with Gasteiger partial charge in [0, 0.05) is 11.1 Å². The van der Waals surface area contributed by atoms with Crippen LogP contribution in [0.3, 0.4) is 0 Å². The van der Waals surface area contributed by atoms with Crippen LogP contribution in [0, 0.1) is 0 Å². The molecule has 3 aromatic rings. The molecule has 4 heteroatoms. The molecule has 3 N–H and O–H groups in total. The molecule has 1 aliphatic heterocycles. The molecule has 1 aliphatic rings. The Morgan fingerprint density at radius 1 is 0.833 bits per heavy atom. The smallest absolute Gasteiger partial charge is 0.142 e. The molecule has 0 spiro atoms. The summed E-state index contributed by atoms with van der Waals surface area (Å²) in [5.41, 5.74) is 3.97. The number of piperazine rings is 1. The third-order valence-corrected chi connectivity index (χ3v) is 6.11. The van der Waals surface area contributed by atoms with Crippen molar-refractivity contribution < 1.29 is 15.0 Å². The number of methoxy groups -OCH3 is 1. The first-order chi connectivity index (χ1) is 14.8. The van der Waals surface area contributed by atoms with Crippen molar-refractivity contribution in [3.63, 3.8) is 0 Å². The zero-order valence-electron chi connectivity index (χ0n) is 17.8. The molecule has 0 bridgehead atoms. The van der Waals surface area contributed by atoms with Gasteiger partial charge in [-0.1, -0.05) is 72.8 Å². The second kappa shape index (κ2) is 10.3. The van der Waals surface area contributed by atoms with E-state index in [1.165, 1.54) is 36.4 Å². The van der Waals surface area contributed by atoms with Crippen molar-refractivity contribution in [1.82, 2.24) is 0 Å². The SMILES string of the molecule is COc1ccccc1N1CC[NH+](CC[NH2+]C(c2ccccc2)c2ccccc2)CC1. The highest BCUT2D eigenvalue weighted by atomic mass is 16.5. The summed E-state index contributed by atoms with van der Waals surface area (Å²) in [4.78, 5) is 4.15. The van der Waals surface area contributed by atoms with Crippen molar-refractivity contribution in [3.05, 3.63) is 96.1 Å². The highest BCUT2D eigenvalue weighted by Crippen LogP contribution is 2.27. The average Bonchev–Trinajstić information content (AvgIpc) is 2.83. The summed E-state index contributed by atoms with van der Waals surface area (Å²) in [5.74, 6) is 0.975. The van der Waals surface area contributed by atoms with E-state index in [2.05, 4.69) is 89.1 Å². The van der Waals surface area contributed by atoms with Gasteiger partial charge in [0.25, 0.3) is 0 Å². The van der Waals surface area contributed by atoms with E-state index in [9.17, 15) is 0 Å². The van der Waals surface area contributed by atoms with Crippen LogP contribution in [0.1, 0.15) is 17.2 Å². The van der Waals surface area contributed by atoms with Crippen molar-refractivity contribution in [2.24, 2.45) is 0 Å². The molecule has 0 aliphatic carbocycles. The Balaban J connectivity index is 1.31. The summed E-state index contributed by atoms with van der Waals surface area (Å²) in [5, 5.41) is 2.50. The van der Waals surface area contributed by atoms with Gasteiger partial charge in [-0.15, -0.1) is 0 Å². The number of rotatable bonds is 8. The van der Waals surface area contributed by atoms with Crippen LogP contribution in [0.5, 0.6) is 5.75 Å². The van der Waals surface area contributed by atoms with Crippen LogP contribution in [-0.4, -0.2) is 46.4 Å². The maximum atomic E-state index is 5.55. The number of nitrogens with zero attached hydrogens (tertiary/aromatic N) is 1. The zero-order valence-corrected chi connectivity index (χ0v) is 17.8. The zero-order chi connectivity index (χ0) is 20.6. The Labute approximate surface area is 180 Å². The Kier molecular flexibility index (Phi) is 7.01. The largest absolute Gasteiger partial charge is 0.495 e. The van der Waals surface area contributed by atoms with E-state index >= 15 is 0 Å². The molecule has 4 rings (SSSR count). The van der Waals surface area contributed by atoms with Gasteiger partial charge in [0.1, 0.15) is 24.9 Å². The average molecular weight is 404 g/mol. The lowest BCUT2D eigenvalue weighted by atomic mass is 9.99. The van der Waals surface area contributed by atoms with Gasteiger partial charge in [0.15, 0.2) is 0 Å². The molecule has 0 saturated carbocycles. The molecule has 0 radical (unpaired) electrons. The molecule has 0 amide bonds. The highest BCUT2D eigenvalue weighted by molar-refractivity contribution is 5.58. The first-order valence-corrected chi connectivity index (χ1v) is 11.0. The second-order valence-corrected chi connectivity index (χ2v) is 7.98. The van der Waals surface area contributed by atoms with E-state index in [-0.39, 0.29) is 0 Å². The lowest BCUT2D eigenvalue weighted by Gasteiger charge is -2.34. The van der Waals surface area contributed by atoms with E-state index in [1.54, 1.807) is 12.0 Å². The van der Waals surface area contributed by atoms with Crippen LogP contribution in [0.4, 0.5) is 5.69 Å². The van der Waals surface area contributed by atoms with Crippen LogP contribution in [0.15, 0.2) is 84.9 Å². The Morgan fingerprint density at radius 2 is 1.40 bits per heavy atom. The van der Waals surface area contributed by atoms with Crippen molar-refractivity contribution in [3.8, 4) is 5.75 Å². The van der Waals surface area contributed by atoms with Crippen LogP contribution in [-0.2, 0) is 0 Å². The molecule has 1 fully saturated rings. The summed E-state index contributed by atoms with van der Waals surface area (Å²) in [6, 6.07) is 30.4. The van der Waals surface area contributed by atoms with Crippen LogP contribution in [0.25, 0.3) is 0 Å². The summed E-state index contributed by atoms with van der Waals surface area (Å²) < 4.78 is 5.55. The van der Waals surface area contributed by atoms with Crippen molar-refractivity contribution in [2.45, 2.75) is 6.04 Å². The third-order valence-electron chi connectivity index (χ3n) is 6.11. The van der Waals surface area contributed by atoms with Gasteiger partial charge in [0.2, 0.25) is 0 Å². The van der Waals surface area contributed by atoms with E-state index in [0.29, 0.717) is 6.04 Å². The third kappa shape index (κ3) is 5.02. The molecule has 1 heterocycles. The summed E-state index contributed by atoms with van der Waals surface area (Å²) >= 11 is 0. The number of nitrogens with one attached hydrogen (secondary N) is 1. The number of ether oxygens (including phenoxy) is 1. The van der Waals surface area contributed by atoms with Crippen molar-refractivity contribution >= 4 is 5.69 Å². The Hall–Kier alpha value is -2.82. The van der Waals surface area contributed by atoms with Gasteiger partial charge < -0.3 is 19.9 Å². The molecule has 156 valence electrons. The van der Waals surface area contributed by atoms with Gasteiger partial charge in [-0.2, -0.15) is 0 Å². The van der Waals surface area contributed by atoms with E-state index < -0.39 is 0 Å². The predicted octanol–water partition coefficient (Wildman–Crippen LogP) is 1.75. The molecule has 3 aromatic carbocycles. The molecular formula is C26H33N3O+2. The van der Waals surface area contributed by atoms with Gasteiger partial charge in [-0.25, -0.2) is 0 Å². The maximum absolute atomic E-state index is 5.55. The van der Waals surface area contributed by atoms with Crippen LogP contribution >= 0.6 is 0 Å². The molecule has 0 aromatic heterocycles. The van der Waals surface area contributed by atoms with Crippen molar-refractivity contribution in [2.75, 3.05) is 51.3 Å². The first kappa shape index (κ1) is 20.5. The monoisotopic (exact) mass is 403 g/mol. The lowest BCUT2D eigenvalue weighted by molar-refractivity contribution is -0.914. The number of benzene rings is 3. The normalized spacial score (nSPS) is 14.8. The molecule has 0 atom stereocenters. The minimum Gasteiger partial charge on any atom is -0.495 e. The van der Waals surface area contributed by atoms with E-state index in [1.807, 2.05) is 6.07 Å². The fourth-order valence-corrected chi connectivity index (χ4v) is 4.44. The fraction of sp³-hybridized carbons (Fsp3) is 0.308. The van der Waals surface area contributed by atoms with Crippen LogP contribution < -0.4 is 19.9 Å². The molecule has 1 saturated heterocycles. The van der Waals surface area contributed by atoms with Gasteiger partial charge >= 0.3 is 0 Å². The van der Waals surface area contributed by atoms with Gasteiger partial charge in [-0.05, 0) is 12.1 Å². The molecule has 30 heavy (non-hydrogen) atoms. The Bertz CT molecular complexity index is 853. The fourth-order valence-electron chi connectivity index (χ4n) is 4.44. The second-order valence-electron chi connectivity index (χ2n) is 7.98. The minimum atomic E-state index is 0.363. The number of para-hydroxylation sites is 2. The summed E-state index contributed by atoms with van der Waals surface area (Å²) in [6.45, 7) is 6.82. The molecular weight excluding hydrogens is 370 g/mol. The maximum Gasteiger partial charge on any atom is 0.142 e. The topological polar surface area (TPSA) is 33.5 Å². The number of nitrogens with two attached hydrogens (primary N) is 1. The number of hydrogen-bond acceptors (Lipinski definition) is 2. The number of quaternary nitrogens is 2. The predicted molar refractivity (Wildman–Crippen MR) is 122 cm³/mol. The number of anilines is 1. The number of hydrogen-bond donors (Lipinski definition) is 2. The van der Waals surface area contributed by atoms with Crippen molar-refractivity contribution in [1.29, 1.82) is 0 Å². The Morgan fingerprint density at radius 3 is 2.00 bits per heavy atom. The first-order valence-electron chi connectivity index (χ1n) is 11.0. The van der Waals surface area contributed by atoms with Crippen LogP contribution in [0.2, 0.25) is 0 Å². The minimum absolute atomic E-state index is 0.363. The summed E-state index contributed by atoms with van der Waals surface area (Å²) in [6.07, 6.45) is 0. The van der Waals surface area contributed by atoms with Gasteiger partial charge in [0.05, 0.1) is 39.0 Å². The van der Waals surface area contributed by atoms with E-state index in [4.69, 9.17) is 4.74 Å². The lowest BCUT2D eigenvalue weighted by Crippen LogP contribution is -3.17. The van der Waals surface area contributed by atoms with Gasteiger partial charge in [-0.3, -0.25) is 0 Å².